The molecule has 0 aliphatic heterocycles. The van der Waals surface area contributed by atoms with Gasteiger partial charge < -0.3 is 0 Å². The van der Waals surface area contributed by atoms with Crippen LogP contribution >= 0.6 is 0 Å². The Morgan fingerprint density at radius 3 is 2.62 bits per heavy atom. The Labute approximate surface area is 77.0 Å². The fraction of sp³-hybridized carbons (Fsp3) is 0.200. The first kappa shape index (κ1) is 7.98. The molecule has 0 saturated carbocycles. The van der Waals surface area contributed by atoms with Crippen molar-refractivity contribution in [2.75, 3.05) is 0 Å². The SMILES string of the molecule is Cc1cc(C)n(-c2ccccn2)n1. The minimum absolute atomic E-state index is 0.869. The second-order valence-electron chi connectivity index (χ2n) is 3.03. The van der Waals surface area contributed by atoms with Gasteiger partial charge in [0.05, 0.1) is 5.69 Å². The predicted molar refractivity (Wildman–Crippen MR) is 50.8 cm³/mol. The van der Waals surface area contributed by atoms with Crippen LogP contribution in [-0.2, 0) is 0 Å². The first-order valence-electron chi connectivity index (χ1n) is 4.22. The molecule has 66 valence electrons. The molecule has 0 radical (unpaired) electrons. The third-order valence-electron chi connectivity index (χ3n) is 1.88. The number of aromatic nitrogens is 3. The average molecular weight is 173 g/mol. The molecular formula is C10H11N3. The quantitative estimate of drug-likeness (QED) is 0.659. The van der Waals surface area contributed by atoms with Crippen LogP contribution in [0.4, 0.5) is 0 Å². The van der Waals surface area contributed by atoms with Crippen molar-refractivity contribution in [1.29, 1.82) is 0 Å². The van der Waals surface area contributed by atoms with Crippen LogP contribution in [0.3, 0.4) is 0 Å². The van der Waals surface area contributed by atoms with Gasteiger partial charge in [0.2, 0.25) is 0 Å². The molecule has 0 aliphatic rings. The maximum Gasteiger partial charge on any atom is 0.153 e. The normalized spacial score (nSPS) is 10.3. The second-order valence-corrected chi connectivity index (χ2v) is 3.03. The molecular weight excluding hydrogens is 162 g/mol. The third-order valence-corrected chi connectivity index (χ3v) is 1.88. The molecule has 2 aromatic rings. The number of pyridine rings is 1. The Bertz CT molecular complexity index is 403. The van der Waals surface area contributed by atoms with Crippen LogP contribution in [0.1, 0.15) is 11.4 Å². The van der Waals surface area contributed by atoms with Crippen LogP contribution in [0.2, 0.25) is 0 Å². The van der Waals surface area contributed by atoms with Gasteiger partial charge in [0.25, 0.3) is 0 Å². The molecule has 2 rings (SSSR count). The minimum atomic E-state index is 0.869. The highest BCUT2D eigenvalue weighted by molar-refractivity contribution is 5.24. The Morgan fingerprint density at radius 1 is 1.23 bits per heavy atom. The Morgan fingerprint density at radius 2 is 2.08 bits per heavy atom. The van der Waals surface area contributed by atoms with Gasteiger partial charge in [-0.25, -0.2) is 9.67 Å². The highest BCUT2D eigenvalue weighted by Gasteiger charge is 2.02. The molecule has 0 N–H and O–H groups in total. The summed E-state index contributed by atoms with van der Waals surface area (Å²) in [5.74, 6) is 0.869. The molecule has 0 aliphatic carbocycles. The summed E-state index contributed by atoms with van der Waals surface area (Å²) >= 11 is 0. The van der Waals surface area contributed by atoms with E-state index in [-0.39, 0.29) is 0 Å². The van der Waals surface area contributed by atoms with Crippen LogP contribution in [0, 0.1) is 13.8 Å². The van der Waals surface area contributed by atoms with Crippen molar-refractivity contribution in [3.63, 3.8) is 0 Å². The summed E-state index contributed by atoms with van der Waals surface area (Å²) in [4.78, 5) is 4.22. The summed E-state index contributed by atoms with van der Waals surface area (Å²) in [6.07, 6.45) is 1.77. The lowest BCUT2D eigenvalue weighted by atomic mass is 10.4. The number of nitrogens with zero attached hydrogens (tertiary/aromatic N) is 3. The summed E-state index contributed by atoms with van der Waals surface area (Å²) in [6, 6.07) is 7.84. The number of hydrogen-bond donors (Lipinski definition) is 0. The molecule has 0 bridgehead atoms. The van der Waals surface area contributed by atoms with Crippen molar-refractivity contribution in [1.82, 2.24) is 14.8 Å². The van der Waals surface area contributed by atoms with Crippen LogP contribution in [0.15, 0.2) is 30.5 Å². The summed E-state index contributed by atoms with van der Waals surface area (Å²) in [5.41, 5.74) is 2.12. The van der Waals surface area contributed by atoms with E-state index in [9.17, 15) is 0 Å². The Balaban J connectivity index is 2.53. The zero-order valence-electron chi connectivity index (χ0n) is 7.73. The summed E-state index contributed by atoms with van der Waals surface area (Å²) in [7, 11) is 0. The highest BCUT2D eigenvalue weighted by atomic mass is 15.3. The van der Waals surface area contributed by atoms with Gasteiger partial charge >= 0.3 is 0 Å². The van der Waals surface area contributed by atoms with E-state index in [1.54, 1.807) is 6.20 Å². The summed E-state index contributed by atoms with van der Waals surface area (Å²) < 4.78 is 1.84. The van der Waals surface area contributed by atoms with Crippen molar-refractivity contribution in [2.24, 2.45) is 0 Å². The van der Waals surface area contributed by atoms with E-state index in [0.717, 1.165) is 17.2 Å². The van der Waals surface area contributed by atoms with Gasteiger partial charge in [-0.1, -0.05) is 6.07 Å². The maximum atomic E-state index is 4.33. The zero-order chi connectivity index (χ0) is 9.26. The predicted octanol–water partition coefficient (Wildman–Crippen LogP) is 1.88. The maximum absolute atomic E-state index is 4.33. The van der Waals surface area contributed by atoms with E-state index in [1.165, 1.54) is 0 Å². The summed E-state index contributed by atoms with van der Waals surface area (Å²) in [5, 5.41) is 4.33. The molecule has 0 atom stereocenters. The Hall–Kier alpha value is -1.64. The number of rotatable bonds is 1. The second kappa shape index (κ2) is 3.01. The van der Waals surface area contributed by atoms with E-state index in [2.05, 4.69) is 10.1 Å². The molecule has 3 nitrogen and oxygen atoms in total. The monoisotopic (exact) mass is 173 g/mol. The van der Waals surface area contributed by atoms with Gasteiger partial charge in [-0.15, -0.1) is 0 Å². The molecule has 0 unspecified atom stereocenters. The molecule has 13 heavy (non-hydrogen) atoms. The van der Waals surface area contributed by atoms with E-state index in [4.69, 9.17) is 0 Å². The smallest absolute Gasteiger partial charge is 0.153 e. The van der Waals surface area contributed by atoms with E-state index in [0.29, 0.717) is 0 Å². The lowest BCUT2D eigenvalue weighted by Crippen LogP contribution is -2.00. The largest absolute Gasteiger partial charge is 0.237 e. The molecule has 0 amide bonds. The Kier molecular flexibility index (Phi) is 1.85. The highest BCUT2D eigenvalue weighted by Crippen LogP contribution is 2.07. The average Bonchev–Trinajstić information content (AvgIpc) is 2.47. The minimum Gasteiger partial charge on any atom is -0.237 e. The fourth-order valence-corrected chi connectivity index (χ4v) is 1.34. The van der Waals surface area contributed by atoms with Crippen molar-refractivity contribution in [3.05, 3.63) is 41.9 Å². The van der Waals surface area contributed by atoms with Crippen LogP contribution < -0.4 is 0 Å². The first-order chi connectivity index (χ1) is 6.27. The van der Waals surface area contributed by atoms with E-state index in [1.807, 2.05) is 42.8 Å². The van der Waals surface area contributed by atoms with Gasteiger partial charge in [0.1, 0.15) is 0 Å². The molecule has 2 aromatic heterocycles. The van der Waals surface area contributed by atoms with Crippen LogP contribution in [0.25, 0.3) is 5.82 Å². The van der Waals surface area contributed by atoms with Crippen molar-refractivity contribution >= 4 is 0 Å². The number of hydrogen-bond acceptors (Lipinski definition) is 2. The van der Waals surface area contributed by atoms with Crippen LogP contribution in [0.5, 0.6) is 0 Å². The lowest BCUT2D eigenvalue weighted by molar-refractivity contribution is 0.806. The van der Waals surface area contributed by atoms with Crippen LogP contribution in [-0.4, -0.2) is 14.8 Å². The molecule has 2 heterocycles. The van der Waals surface area contributed by atoms with Crippen molar-refractivity contribution in [2.45, 2.75) is 13.8 Å². The van der Waals surface area contributed by atoms with Gasteiger partial charge in [-0.05, 0) is 32.0 Å². The van der Waals surface area contributed by atoms with Gasteiger partial charge in [0.15, 0.2) is 5.82 Å². The van der Waals surface area contributed by atoms with E-state index < -0.39 is 0 Å². The van der Waals surface area contributed by atoms with Gasteiger partial charge in [-0.3, -0.25) is 0 Å². The fourth-order valence-electron chi connectivity index (χ4n) is 1.34. The van der Waals surface area contributed by atoms with E-state index >= 15 is 0 Å². The molecule has 0 aromatic carbocycles. The molecule has 0 fully saturated rings. The molecule has 0 saturated heterocycles. The molecule has 0 spiro atoms. The topological polar surface area (TPSA) is 30.7 Å². The van der Waals surface area contributed by atoms with Crippen molar-refractivity contribution < 1.29 is 0 Å². The summed E-state index contributed by atoms with van der Waals surface area (Å²) in [6.45, 7) is 4.00. The molecule has 3 heteroatoms. The van der Waals surface area contributed by atoms with Gasteiger partial charge in [-0.2, -0.15) is 5.10 Å². The number of aryl methyl sites for hydroxylation is 2. The zero-order valence-corrected chi connectivity index (χ0v) is 7.73. The third kappa shape index (κ3) is 1.45. The standard InChI is InChI=1S/C10H11N3/c1-8-7-9(2)13(12-8)10-5-3-4-6-11-10/h3-7H,1-2H3. The lowest BCUT2D eigenvalue weighted by Gasteiger charge is -2.00. The first-order valence-corrected chi connectivity index (χ1v) is 4.22. The van der Waals surface area contributed by atoms with Crippen molar-refractivity contribution in [3.8, 4) is 5.82 Å². The van der Waals surface area contributed by atoms with Gasteiger partial charge in [0, 0.05) is 11.9 Å².